The lowest BCUT2D eigenvalue weighted by Crippen LogP contribution is -2.02. The molecule has 0 fully saturated rings. The minimum absolute atomic E-state index is 0.0776. The average Bonchev–Trinajstić information content (AvgIpc) is 2.13. The van der Waals surface area contributed by atoms with Crippen LogP contribution >= 0.6 is 11.6 Å². The summed E-state index contributed by atoms with van der Waals surface area (Å²) < 4.78 is 26.5. The van der Waals surface area contributed by atoms with E-state index in [-0.39, 0.29) is 17.0 Å². The summed E-state index contributed by atoms with van der Waals surface area (Å²) in [6.07, 6.45) is 0.707. The summed E-state index contributed by atoms with van der Waals surface area (Å²) in [6, 6.07) is 2.26. The molecule has 76 valence electrons. The van der Waals surface area contributed by atoms with Crippen LogP contribution in [-0.4, -0.2) is 6.29 Å². The molecule has 1 aromatic rings. The standard InChI is InChI=1S/C10H9ClF2O/c1-6(4-5-14)9-8(12)3-2-7(11)10(9)13/h2-3,5-6H,4H2,1H3. The fourth-order valence-electron chi connectivity index (χ4n) is 1.26. The van der Waals surface area contributed by atoms with Gasteiger partial charge < -0.3 is 4.79 Å². The van der Waals surface area contributed by atoms with Crippen molar-refractivity contribution in [1.82, 2.24) is 0 Å². The minimum atomic E-state index is -0.777. The van der Waals surface area contributed by atoms with E-state index in [2.05, 4.69) is 0 Å². The van der Waals surface area contributed by atoms with Crippen LogP contribution in [0.5, 0.6) is 0 Å². The van der Waals surface area contributed by atoms with E-state index < -0.39 is 17.6 Å². The van der Waals surface area contributed by atoms with E-state index in [0.717, 1.165) is 12.1 Å². The summed E-state index contributed by atoms with van der Waals surface area (Å²) in [5, 5.41) is -0.126. The highest BCUT2D eigenvalue weighted by molar-refractivity contribution is 6.30. The molecule has 0 N–H and O–H groups in total. The number of carbonyl (C=O) groups excluding carboxylic acids is 1. The smallest absolute Gasteiger partial charge is 0.148 e. The first kappa shape index (κ1) is 11.1. The van der Waals surface area contributed by atoms with Crippen molar-refractivity contribution in [3.8, 4) is 0 Å². The first-order chi connectivity index (χ1) is 6.57. The Hall–Kier alpha value is -0.960. The maximum atomic E-state index is 13.3. The Balaban J connectivity index is 3.17. The first-order valence-corrected chi connectivity index (χ1v) is 4.52. The van der Waals surface area contributed by atoms with Crippen LogP contribution < -0.4 is 0 Å². The maximum absolute atomic E-state index is 13.3. The zero-order chi connectivity index (χ0) is 10.7. The van der Waals surface area contributed by atoms with Gasteiger partial charge >= 0.3 is 0 Å². The summed E-state index contributed by atoms with van der Waals surface area (Å²) in [7, 11) is 0. The Morgan fingerprint density at radius 1 is 1.50 bits per heavy atom. The van der Waals surface area contributed by atoms with Crippen LogP contribution in [0, 0.1) is 11.6 Å². The van der Waals surface area contributed by atoms with Crippen LogP contribution in [0.4, 0.5) is 8.78 Å². The third-order valence-corrected chi connectivity index (χ3v) is 2.31. The maximum Gasteiger partial charge on any atom is 0.148 e. The van der Waals surface area contributed by atoms with E-state index in [1.54, 1.807) is 6.92 Å². The van der Waals surface area contributed by atoms with Crippen molar-refractivity contribution in [2.45, 2.75) is 19.3 Å². The summed E-state index contributed by atoms with van der Waals surface area (Å²) in [5.74, 6) is -1.94. The van der Waals surface area contributed by atoms with Gasteiger partial charge in [-0.1, -0.05) is 18.5 Å². The quantitative estimate of drug-likeness (QED) is 0.562. The highest BCUT2D eigenvalue weighted by Crippen LogP contribution is 2.28. The van der Waals surface area contributed by atoms with Crippen LogP contribution in [0.2, 0.25) is 5.02 Å². The largest absolute Gasteiger partial charge is 0.303 e. The van der Waals surface area contributed by atoms with Crippen molar-refractivity contribution in [2.75, 3.05) is 0 Å². The van der Waals surface area contributed by atoms with Crippen molar-refractivity contribution in [2.24, 2.45) is 0 Å². The van der Waals surface area contributed by atoms with Gasteiger partial charge in [0.1, 0.15) is 17.9 Å². The second-order valence-electron chi connectivity index (χ2n) is 3.06. The fraction of sp³-hybridized carbons (Fsp3) is 0.300. The normalized spacial score (nSPS) is 12.6. The Bertz CT molecular complexity index is 352. The van der Waals surface area contributed by atoms with E-state index in [0.29, 0.717) is 6.29 Å². The van der Waals surface area contributed by atoms with Crippen LogP contribution in [0.3, 0.4) is 0 Å². The van der Waals surface area contributed by atoms with Gasteiger partial charge in [0.25, 0.3) is 0 Å². The van der Waals surface area contributed by atoms with E-state index in [1.165, 1.54) is 0 Å². The predicted octanol–water partition coefficient (Wildman–Crippen LogP) is 3.31. The third-order valence-electron chi connectivity index (χ3n) is 2.02. The fourth-order valence-corrected chi connectivity index (χ4v) is 1.42. The lowest BCUT2D eigenvalue weighted by Gasteiger charge is -2.11. The molecule has 0 saturated carbocycles. The summed E-state index contributed by atoms with van der Waals surface area (Å²) in [4.78, 5) is 10.2. The molecule has 0 aliphatic heterocycles. The molecule has 0 aromatic heterocycles. The van der Waals surface area contributed by atoms with E-state index in [1.807, 2.05) is 0 Å². The number of aldehydes is 1. The van der Waals surface area contributed by atoms with Crippen molar-refractivity contribution in [3.05, 3.63) is 34.4 Å². The average molecular weight is 219 g/mol. The summed E-state index contributed by atoms with van der Waals surface area (Å²) >= 11 is 5.50. The summed E-state index contributed by atoms with van der Waals surface area (Å²) in [6.45, 7) is 1.58. The van der Waals surface area contributed by atoms with Gasteiger partial charge in [0, 0.05) is 12.0 Å². The molecule has 0 aliphatic carbocycles. The molecule has 4 heteroatoms. The number of hydrogen-bond donors (Lipinski definition) is 0. The van der Waals surface area contributed by atoms with E-state index in [4.69, 9.17) is 11.6 Å². The molecular weight excluding hydrogens is 210 g/mol. The van der Waals surface area contributed by atoms with Crippen molar-refractivity contribution in [1.29, 1.82) is 0 Å². The topological polar surface area (TPSA) is 17.1 Å². The molecular formula is C10H9ClF2O. The number of halogens is 3. The molecule has 14 heavy (non-hydrogen) atoms. The van der Waals surface area contributed by atoms with Gasteiger partial charge in [-0.3, -0.25) is 0 Å². The molecule has 0 spiro atoms. The lowest BCUT2D eigenvalue weighted by molar-refractivity contribution is -0.108. The number of hydrogen-bond acceptors (Lipinski definition) is 1. The number of carbonyl (C=O) groups is 1. The molecule has 0 aliphatic rings. The van der Waals surface area contributed by atoms with Gasteiger partial charge in [0.2, 0.25) is 0 Å². The molecule has 0 saturated heterocycles. The molecule has 0 heterocycles. The monoisotopic (exact) mass is 218 g/mol. The van der Waals surface area contributed by atoms with E-state index in [9.17, 15) is 13.6 Å². The third kappa shape index (κ3) is 2.10. The highest BCUT2D eigenvalue weighted by Gasteiger charge is 2.18. The van der Waals surface area contributed by atoms with Crippen LogP contribution in [0.25, 0.3) is 0 Å². The van der Waals surface area contributed by atoms with Gasteiger partial charge in [-0.15, -0.1) is 0 Å². The van der Waals surface area contributed by atoms with Gasteiger partial charge in [-0.2, -0.15) is 0 Å². The second kappa shape index (κ2) is 4.51. The molecule has 1 atom stereocenters. The number of rotatable bonds is 3. The second-order valence-corrected chi connectivity index (χ2v) is 3.47. The summed E-state index contributed by atoms with van der Waals surface area (Å²) in [5.41, 5.74) is -0.121. The van der Waals surface area contributed by atoms with Crippen LogP contribution in [0.1, 0.15) is 24.8 Å². The molecule has 1 nitrogen and oxygen atoms in total. The Morgan fingerprint density at radius 2 is 2.14 bits per heavy atom. The molecule has 1 aromatic carbocycles. The van der Waals surface area contributed by atoms with E-state index >= 15 is 0 Å². The molecule has 0 bridgehead atoms. The Labute approximate surface area is 85.7 Å². The van der Waals surface area contributed by atoms with Crippen LogP contribution in [0.15, 0.2) is 12.1 Å². The van der Waals surface area contributed by atoms with Gasteiger partial charge in [0.05, 0.1) is 5.02 Å². The number of benzene rings is 1. The highest BCUT2D eigenvalue weighted by atomic mass is 35.5. The van der Waals surface area contributed by atoms with Gasteiger partial charge in [-0.25, -0.2) is 8.78 Å². The van der Waals surface area contributed by atoms with Crippen molar-refractivity contribution in [3.63, 3.8) is 0 Å². The molecule has 1 unspecified atom stereocenters. The Morgan fingerprint density at radius 3 is 2.71 bits per heavy atom. The molecule has 0 amide bonds. The SMILES string of the molecule is CC(CC=O)c1c(F)ccc(Cl)c1F. The lowest BCUT2D eigenvalue weighted by atomic mass is 9.97. The van der Waals surface area contributed by atoms with Gasteiger partial charge in [0.15, 0.2) is 0 Å². The molecule has 0 radical (unpaired) electrons. The zero-order valence-corrected chi connectivity index (χ0v) is 8.31. The van der Waals surface area contributed by atoms with Crippen molar-refractivity contribution >= 4 is 17.9 Å². The predicted molar refractivity (Wildman–Crippen MR) is 50.5 cm³/mol. The Kier molecular flexibility index (Phi) is 3.58. The zero-order valence-electron chi connectivity index (χ0n) is 7.56. The van der Waals surface area contributed by atoms with Crippen LogP contribution in [-0.2, 0) is 4.79 Å². The van der Waals surface area contributed by atoms with Crippen molar-refractivity contribution < 1.29 is 13.6 Å². The van der Waals surface area contributed by atoms with Gasteiger partial charge in [-0.05, 0) is 18.1 Å². The molecule has 1 rings (SSSR count). The minimum Gasteiger partial charge on any atom is -0.303 e. The first-order valence-electron chi connectivity index (χ1n) is 4.15.